The molecular weight excluding hydrogens is 410 g/mol. The van der Waals surface area contributed by atoms with Crippen molar-refractivity contribution in [3.8, 4) is 22.9 Å². The normalized spacial score (nSPS) is 10.6. The minimum absolute atomic E-state index is 0.0908. The van der Waals surface area contributed by atoms with Crippen LogP contribution in [-0.2, 0) is 6.54 Å². The van der Waals surface area contributed by atoms with Crippen LogP contribution in [0.15, 0.2) is 60.3 Å². The van der Waals surface area contributed by atoms with Crippen molar-refractivity contribution in [2.45, 2.75) is 11.7 Å². The highest BCUT2D eigenvalue weighted by Crippen LogP contribution is 2.28. The molecule has 6 nitrogen and oxygen atoms in total. The molecule has 0 saturated carbocycles. The summed E-state index contributed by atoms with van der Waals surface area (Å²) in [6.07, 6.45) is 1.76. The second kappa shape index (κ2) is 9.62. The molecule has 29 heavy (non-hydrogen) atoms. The molecular formula is C21H20ClN3O3S. The Morgan fingerprint density at radius 2 is 1.93 bits per heavy atom. The molecule has 0 radical (unpaired) electrons. The number of allylic oxidation sites excluding steroid dienone is 1. The second-order valence-electron chi connectivity index (χ2n) is 5.99. The van der Waals surface area contributed by atoms with Crippen molar-refractivity contribution in [2.24, 2.45) is 0 Å². The fourth-order valence-electron chi connectivity index (χ4n) is 2.74. The standard InChI is InChI=1S/C21H20ClN3O3S/c1-4-11-25-20(14-5-7-15(22)8-6-14)23-24-21(25)29-13-18(26)17-12-16(27-2)9-10-19(17)28-3/h4-10,12H,1,11,13H2,2-3H3. The van der Waals surface area contributed by atoms with Gasteiger partial charge in [0.05, 0.1) is 25.5 Å². The molecule has 0 aliphatic carbocycles. The summed E-state index contributed by atoms with van der Waals surface area (Å²) in [7, 11) is 3.09. The molecule has 1 aromatic heterocycles. The van der Waals surface area contributed by atoms with E-state index < -0.39 is 0 Å². The zero-order valence-corrected chi connectivity index (χ0v) is 17.7. The van der Waals surface area contributed by atoms with Crippen LogP contribution in [-0.4, -0.2) is 40.5 Å². The minimum Gasteiger partial charge on any atom is -0.497 e. The summed E-state index contributed by atoms with van der Waals surface area (Å²) in [5, 5.41) is 9.83. The van der Waals surface area contributed by atoms with Gasteiger partial charge in [-0.2, -0.15) is 0 Å². The van der Waals surface area contributed by atoms with Crippen molar-refractivity contribution < 1.29 is 14.3 Å². The molecule has 0 fully saturated rings. The highest BCUT2D eigenvalue weighted by atomic mass is 35.5. The summed E-state index contributed by atoms with van der Waals surface area (Å²) >= 11 is 7.29. The molecule has 0 aliphatic rings. The number of carbonyl (C=O) groups is 1. The molecule has 3 aromatic rings. The summed E-state index contributed by atoms with van der Waals surface area (Å²) in [5.74, 6) is 1.88. The Kier molecular flexibility index (Phi) is 6.95. The van der Waals surface area contributed by atoms with Gasteiger partial charge >= 0.3 is 0 Å². The number of hydrogen-bond donors (Lipinski definition) is 0. The van der Waals surface area contributed by atoms with Gasteiger partial charge in [0.1, 0.15) is 11.5 Å². The number of thioether (sulfide) groups is 1. The van der Waals surface area contributed by atoms with Gasteiger partial charge in [-0.3, -0.25) is 9.36 Å². The molecule has 0 spiro atoms. The van der Waals surface area contributed by atoms with Crippen molar-refractivity contribution in [2.75, 3.05) is 20.0 Å². The van der Waals surface area contributed by atoms with Gasteiger partial charge in [0.25, 0.3) is 0 Å². The lowest BCUT2D eigenvalue weighted by atomic mass is 10.1. The maximum Gasteiger partial charge on any atom is 0.192 e. The van der Waals surface area contributed by atoms with Gasteiger partial charge in [-0.25, -0.2) is 0 Å². The summed E-state index contributed by atoms with van der Waals surface area (Å²) in [6, 6.07) is 12.5. The smallest absolute Gasteiger partial charge is 0.192 e. The summed E-state index contributed by atoms with van der Waals surface area (Å²) in [6.45, 7) is 4.32. The number of hydrogen-bond acceptors (Lipinski definition) is 6. The van der Waals surface area contributed by atoms with Crippen LogP contribution in [0.1, 0.15) is 10.4 Å². The number of ether oxygens (including phenoxy) is 2. The lowest BCUT2D eigenvalue weighted by molar-refractivity contribution is 0.101. The van der Waals surface area contributed by atoms with E-state index >= 15 is 0 Å². The van der Waals surface area contributed by atoms with Crippen molar-refractivity contribution in [3.63, 3.8) is 0 Å². The van der Waals surface area contributed by atoms with Gasteiger partial charge in [0.15, 0.2) is 16.8 Å². The summed E-state index contributed by atoms with van der Waals surface area (Å²) in [4.78, 5) is 12.8. The van der Waals surface area contributed by atoms with E-state index in [-0.39, 0.29) is 11.5 Å². The zero-order valence-electron chi connectivity index (χ0n) is 16.1. The maximum atomic E-state index is 12.8. The molecule has 0 aliphatic heterocycles. The molecule has 0 amide bonds. The quantitative estimate of drug-likeness (QED) is 0.277. The van der Waals surface area contributed by atoms with Gasteiger partial charge in [0, 0.05) is 17.1 Å². The topological polar surface area (TPSA) is 66.2 Å². The Morgan fingerprint density at radius 3 is 2.59 bits per heavy atom. The van der Waals surface area contributed by atoms with Gasteiger partial charge in [-0.05, 0) is 42.5 Å². The van der Waals surface area contributed by atoms with Crippen LogP contribution in [0.5, 0.6) is 11.5 Å². The number of Topliss-reactive ketones (excluding diaryl/α,β-unsaturated/α-hetero) is 1. The number of aromatic nitrogens is 3. The molecule has 0 atom stereocenters. The van der Waals surface area contributed by atoms with Crippen LogP contribution >= 0.6 is 23.4 Å². The molecule has 2 aromatic carbocycles. The van der Waals surface area contributed by atoms with E-state index in [1.807, 2.05) is 16.7 Å². The fraction of sp³-hybridized carbons (Fsp3) is 0.190. The first kappa shape index (κ1) is 21.0. The minimum atomic E-state index is -0.0908. The predicted molar refractivity (Wildman–Crippen MR) is 115 cm³/mol. The van der Waals surface area contributed by atoms with E-state index in [9.17, 15) is 4.79 Å². The number of rotatable bonds is 9. The van der Waals surface area contributed by atoms with Crippen molar-refractivity contribution in [1.29, 1.82) is 0 Å². The predicted octanol–water partition coefficient (Wildman–Crippen LogP) is 4.78. The number of halogens is 1. The molecule has 1 heterocycles. The Hall–Kier alpha value is -2.77. The number of nitrogens with zero attached hydrogens (tertiary/aromatic N) is 3. The van der Waals surface area contributed by atoms with Gasteiger partial charge in [-0.15, -0.1) is 16.8 Å². The van der Waals surface area contributed by atoms with E-state index in [2.05, 4.69) is 16.8 Å². The lowest BCUT2D eigenvalue weighted by Gasteiger charge is -2.10. The largest absolute Gasteiger partial charge is 0.497 e. The Balaban J connectivity index is 1.83. The third kappa shape index (κ3) is 4.81. The second-order valence-corrected chi connectivity index (χ2v) is 7.37. The van der Waals surface area contributed by atoms with Crippen LogP contribution in [0, 0.1) is 0 Å². The Labute approximate surface area is 178 Å². The average Bonchev–Trinajstić information content (AvgIpc) is 3.14. The van der Waals surface area contributed by atoms with Crippen molar-refractivity contribution in [3.05, 3.63) is 65.7 Å². The number of methoxy groups -OCH3 is 2. The van der Waals surface area contributed by atoms with Crippen molar-refractivity contribution in [1.82, 2.24) is 14.8 Å². The van der Waals surface area contributed by atoms with Crippen LogP contribution in [0.25, 0.3) is 11.4 Å². The van der Waals surface area contributed by atoms with E-state index in [1.54, 1.807) is 43.5 Å². The molecule has 0 N–H and O–H groups in total. The average molecular weight is 430 g/mol. The van der Waals surface area contributed by atoms with E-state index in [0.717, 1.165) is 5.56 Å². The highest BCUT2D eigenvalue weighted by molar-refractivity contribution is 7.99. The number of ketones is 1. The van der Waals surface area contributed by atoms with Gasteiger partial charge in [0.2, 0.25) is 0 Å². The first-order chi connectivity index (χ1) is 14.1. The summed E-state index contributed by atoms with van der Waals surface area (Å²) < 4.78 is 12.4. The van der Waals surface area contributed by atoms with E-state index in [1.165, 1.54) is 18.9 Å². The molecule has 0 bridgehead atoms. The first-order valence-electron chi connectivity index (χ1n) is 8.75. The zero-order chi connectivity index (χ0) is 20.8. The fourth-order valence-corrected chi connectivity index (χ4v) is 3.70. The lowest BCUT2D eigenvalue weighted by Crippen LogP contribution is -2.07. The molecule has 0 unspecified atom stereocenters. The molecule has 150 valence electrons. The van der Waals surface area contributed by atoms with E-state index in [4.69, 9.17) is 21.1 Å². The molecule has 3 rings (SSSR count). The highest BCUT2D eigenvalue weighted by Gasteiger charge is 2.18. The molecule has 0 saturated heterocycles. The Morgan fingerprint density at radius 1 is 1.17 bits per heavy atom. The monoisotopic (exact) mass is 429 g/mol. The maximum absolute atomic E-state index is 12.8. The van der Waals surface area contributed by atoms with Crippen LogP contribution in [0.3, 0.4) is 0 Å². The third-order valence-corrected chi connectivity index (χ3v) is 5.39. The number of benzene rings is 2. The first-order valence-corrected chi connectivity index (χ1v) is 10.1. The summed E-state index contributed by atoms with van der Waals surface area (Å²) in [5.41, 5.74) is 1.35. The number of carbonyl (C=O) groups excluding carboxylic acids is 1. The van der Waals surface area contributed by atoms with Crippen LogP contribution < -0.4 is 9.47 Å². The van der Waals surface area contributed by atoms with Crippen LogP contribution in [0.2, 0.25) is 5.02 Å². The molecule has 8 heteroatoms. The van der Waals surface area contributed by atoms with Gasteiger partial charge < -0.3 is 9.47 Å². The Bertz CT molecular complexity index is 1020. The van der Waals surface area contributed by atoms with Gasteiger partial charge in [-0.1, -0.05) is 29.4 Å². The van der Waals surface area contributed by atoms with E-state index in [0.29, 0.717) is 39.6 Å². The SMILES string of the molecule is C=CCn1c(SCC(=O)c2cc(OC)ccc2OC)nnc1-c1ccc(Cl)cc1. The third-order valence-electron chi connectivity index (χ3n) is 4.17. The van der Waals surface area contributed by atoms with Crippen LogP contribution in [0.4, 0.5) is 0 Å². The van der Waals surface area contributed by atoms with Crippen molar-refractivity contribution >= 4 is 29.1 Å².